The van der Waals surface area contributed by atoms with Gasteiger partial charge in [0.25, 0.3) is 5.56 Å². The Hall–Kier alpha value is -3.46. The van der Waals surface area contributed by atoms with Gasteiger partial charge in [-0.2, -0.15) is 0 Å². The van der Waals surface area contributed by atoms with E-state index in [-0.39, 0.29) is 28.8 Å². The Morgan fingerprint density at radius 1 is 1.15 bits per heavy atom. The van der Waals surface area contributed by atoms with Gasteiger partial charge in [0.2, 0.25) is 11.5 Å². The molecule has 0 spiro atoms. The summed E-state index contributed by atoms with van der Waals surface area (Å²) in [7, 11) is 3.10. The van der Waals surface area contributed by atoms with E-state index in [1.54, 1.807) is 37.0 Å². The number of nitrogens with one attached hydrogen (secondary N) is 1. The van der Waals surface area contributed by atoms with Crippen molar-refractivity contribution in [3.8, 4) is 11.5 Å². The smallest absolute Gasteiger partial charge is 0.298 e. The number of aromatic nitrogens is 2. The van der Waals surface area contributed by atoms with Crippen molar-refractivity contribution in [1.29, 1.82) is 0 Å². The number of benzene rings is 2. The largest absolute Gasteiger partial charge is 0.493 e. The fourth-order valence-corrected chi connectivity index (χ4v) is 5.32. The van der Waals surface area contributed by atoms with Gasteiger partial charge in [0, 0.05) is 23.2 Å². The molecule has 176 valence electrons. The molecule has 2 aromatic heterocycles. The minimum atomic E-state index is -0.207. The SMILES string of the molecule is COc1ccc(NC(=O)CSc2nc3c(oc4ccccc43)c(=O)n2C2CCCC2)cc1OC. The third-order valence-electron chi connectivity index (χ3n) is 6.09. The fraction of sp³-hybridized carbons (Fsp3) is 0.320. The molecule has 9 heteroatoms. The first-order valence-electron chi connectivity index (χ1n) is 11.2. The second-order valence-electron chi connectivity index (χ2n) is 8.19. The van der Waals surface area contributed by atoms with Gasteiger partial charge in [-0.1, -0.05) is 36.7 Å². The Balaban J connectivity index is 1.44. The molecule has 1 N–H and O–H groups in total. The predicted octanol–water partition coefficient (Wildman–Crippen LogP) is 5.01. The number of methoxy groups -OCH3 is 2. The van der Waals surface area contributed by atoms with Crippen LogP contribution in [0.15, 0.2) is 56.8 Å². The summed E-state index contributed by atoms with van der Waals surface area (Å²) < 4.78 is 18.2. The van der Waals surface area contributed by atoms with Crippen LogP contribution in [0.2, 0.25) is 0 Å². The molecule has 1 amide bonds. The van der Waals surface area contributed by atoms with Crippen molar-refractivity contribution in [2.75, 3.05) is 25.3 Å². The number of carbonyl (C=O) groups excluding carboxylic acids is 1. The molecule has 5 rings (SSSR count). The normalized spacial score (nSPS) is 14.1. The monoisotopic (exact) mass is 479 g/mol. The Kier molecular flexibility index (Phi) is 6.19. The Morgan fingerprint density at radius 2 is 1.91 bits per heavy atom. The predicted molar refractivity (Wildman–Crippen MR) is 132 cm³/mol. The van der Waals surface area contributed by atoms with E-state index in [4.69, 9.17) is 18.9 Å². The Morgan fingerprint density at radius 3 is 2.68 bits per heavy atom. The second-order valence-corrected chi connectivity index (χ2v) is 9.13. The lowest BCUT2D eigenvalue weighted by Crippen LogP contribution is -2.26. The summed E-state index contributed by atoms with van der Waals surface area (Å²) in [6, 6.07) is 12.7. The number of rotatable bonds is 7. The number of anilines is 1. The number of amides is 1. The zero-order valence-corrected chi connectivity index (χ0v) is 19.8. The first-order valence-corrected chi connectivity index (χ1v) is 12.2. The molecule has 1 saturated carbocycles. The van der Waals surface area contributed by atoms with Gasteiger partial charge in [0.05, 0.1) is 20.0 Å². The standard InChI is InChI=1S/C25H25N3O5S/c1-31-19-12-11-15(13-20(19)32-2)26-21(29)14-34-25-27-22-17-9-5-6-10-18(17)33-23(22)24(30)28(25)16-7-3-4-8-16/h5-6,9-13,16H,3-4,7-8,14H2,1-2H3,(H,26,29). The summed E-state index contributed by atoms with van der Waals surface area (Å²) in [5.41, 5.74) is 1.86. The Bertz CT molecular complexity index is 1420. The maximum absolute atomic E-state index is 13.5. The number of hydrogen-bond donors (Lipinski definition) is 1. The van der Waals surface area contributed by atoms with Crippen LogP contribution < -0.4 is 20.3 Å². The average molecular weight is 480 g/mol. The number of hydrogen-bond acceptors (Lipinski definition) is 7. The summed E-state index contributed by atoms with van der Waals surface area (Å²) in [5, 5.41) is 4.21. The van der Waals surface area contributed by atoms with E-state index in [0.29, 0.717) is 33.4 Å². The average Bonchev–Trinajstić information content (AvgIpc) is 3.51. The molecule has 2 heterocycles. The molecule has 0 radical (unpaired) electrons. The van der Waals surface area contributed by atoms with Gasteiger partial charge < -0.3 is 19.2 Å². The van der Waals surface area contributed by atoms with Gasteiger partial charge in [0.15, 0.2) is 16.7 Å². The molecule has 1 aliphatic carbocycles. The van der Waals surface area contributed by atoms with Crippen molar-refractivity contribution >= 4 is 45.4 Å². The van der Waals surface area contributed by atoms with Gasteiger partial charge in [-0.25, -0.2) is 4.98 Å². The molecule has 1 aliphatic rings. The lowest BCUT2D eigenvalue weighted by molar-refractivity contribution is -0.113. The molecule has 4 aromatic rings. The maximum atomic E-state index is 13.5. The minimum absolute atomic E-state index is 0.0639. The van der Waals surface area contributed by atoms with E-state index < -0.39 is 0 Å². The van der Waals surface area contributed by atoms with Crippen LogP contribution in [0.25, 0.3) is 22.1 Å². The number of para-hydroxylation sites is 1. The molecular weight excluding hydrogens is 454 g/mol. The zero-order valence-electron chi connectivity index (χ0n) is 19.0. The van der Waals surface area contributed by atoms with Crippen molar-refractivity contribution in [1.82, 2.24) is 9.55 Å². The zero-order chi connectivity index (χ0) is 23.7. The molecular formula is C25H25N3O5S. The number of thioether (sulfide) groups is 1. The van der Waals surface area contributed by atoms with Gasteiger partial charge in [-0.15, -0.1) is 0 Å². The molecule has 1 fully saturated rings. The molecule has 0 saturated heterocycles. The second kappa shape index (κ2) is 9.42. The van der Waals surface area contributed by atoms with Crippen LogP contribution in [0, 0.1) is 0 Å². The maximum Gasteiger partial charge on any atom is 0.298 e. The molecule has 0 unspecified atom stereocenters. The number of carbonyl (C=O) groups is 1. The molecule has 2 aromatic carbocycles. The molecule has 8 nitrogen and oxygen atoms in total. The first-order chi connectivity index (χ1) is 16.6. The first kappa shape index (κ1) is 22.3. The highest BCUT2D eigenvalue weighted by Gasteiger charge is 2.25. The topological polar surface area (TPSA) is 95.6 Å². The van der Waals surface area contributed by atoms with Crippen molar-refractivity contribution in [2.45, 2.75) is 36.9 Å². The number of ether oxygens (including phenoxy) is 2. The van der Waals surface area contributed by atoms with Gasteiger partial charge >= 0.3 is 0 Å². The van der Waals surface area contributed by atoms with Gasteiger partial charge in [-0.05, 0) is 37.1 Å². The van der Waals surface area contributed by atoms with Crippen molar-refractivity contribution in [3.63, 3.8) is 0 Å². The van der Waals surface area contributed by atoms with Crippen molar-refractivity contribution in [3.05, 3.63) is 52.8 Å². The summed E-state index contributed by atoms with van der Waals surface area (Å²) in [5.74, 6) is 1.01. The van der Waals surface area contributed by atoms with Crippen LogP contribution in [-0.4, -0.2) is 35.4 Å². The quantitative estimate of drug-likeness (QED) is 0.294. The highest BCUT2D eigenvalue weighted by Crippen LogP contribution is 2.34. The molecule has 0 bridgehead atoms. The minimum Gasteiger partial charge on any atom is -0.493 e. The van der Waals surface area contributed by atoms with Crippen LogP contribution in [-0.2, 0) is 4.79 Å². The van der Waals surface area contributed by atoms with E-state index in [9.17, 15) is 9.59 Å². The highest BCUT2D eigenvalue weighted by atomic mass is 32.2. The van der Waals surface area contributed by atoms with Crippen LogP contribution in [0.3, 0.4) is 0 Å². The van der Waals surface area contributed by atoms with Crippen molar-refractivity contribution in [2.24, 2.45) is 0 Å². The lowest BCUT2D eigenvalue weighted by atomic mass is 10.2. The van der Waals surface area contributed by atoms with Crippen LogP contribution in [0.4, 0.5) is 5.69 Å². The summed E-state index contributed by atoms with van der Waals surface area (Å²) in [6.07, 6.45) is 3.97. The number of furan rings is 1. The molecule has 34 heavy (non-hydrogen) atoms. The van der Waals surface area contributed by atoms with E-state index in [2.05, 4.69) is 5.32 Å². The summed E-state index contributed by atoms with van der Waals surface area (Å²) >= 11 is 1.26. The highest BCUT2D eigenvalue weighted by molar-refractivity contribution is 7.99. The third kappa shape index (κ3) is 4.11. The lowest BCUT2D eigenvalue weighted by Gasteiger charge is -2.17. The van der Waals surface area contributed by atoms with E-state index in [1.807, 2.05) is 24.3 Å². The van der Waals surface area contributed by atoms with E-state index in [1.165, 1.54) is 11.8 Å². The Labute approximate surface area is 200 Å². The summed E-state index contributed by atoms with van der Waals surface area (Å²) in [4.78, 5) is 31.0. The van der Waals surface area contributed by atoms with Crippen LogP contribution >= 0.6 is 11.8 Å². The van der Waals surface area contributed by atoms with Crippen molar-refractivity contribution < 1.29 is 18.7 Å². The molecule has 0 aliphatic heterocycles. The third-order valence-corrected chi connectivity index (χ3v) is 7.04. The van der Waals surface area contributed by atoms with Gasteiger partial charge in [-0.3, -0.25) is 14.2 Å². The van der Waals surface area contributed by atoms with E-state index >= 15 is 0 Å². The fourth-order valence-electron chi connectivity index (χ4n) is 4.46. The van der Waals surface area contributed by atoms with Crippen LogP contribution in [0.5, 0.6) is 11.5 Å². The van der Waals surface area contributed by atoms with Gasteiger partial charge in [0.1, 0.15) is 11.1 Å². The van der Waals surface area contributed by atoms with E-state index in [0.717, 1.165) is 31.1 Å². The number of fused-ring (bicyclic) bond motifs is 3. The van der Waals surface area contributed by atoms with Crippen LogP contribution in [0.1, 0.15) is 31.7 Å². The summed E-state index contributed by atoms with van der Waals surface area (Å²) in [6.45, 7) is 0. The molecule has 0 atom stereocenters. The number of nitrogens with zero attached hydrogens (tertiary/aromatic N) is 2.